The van der Waals surface area contributed by atoms with Crippen LogP contribution in [0.1, 0.15) is 85.5 Å². The molecule has 0 unspecified atom stereocenters. The topological polar surface area (TPSA) is 80.9 Å². The van der Waals surface area contributed by atoms with Gasteiger partial charge in [0.05, 0.1) is 12.2 Å². The first-order valence-corrected chi connectivity index (χ1v) is 12.9. The fraction of sp³-hybridized carbons (Fsp3) is 0.724. The Hall–Kier alpha value is -1.38. The Morgan fingerprint density at radius 2 is 1.91 bits per heavy atom. The van der Waals surface area contributed by atoms with Crippen molar-refractivity contribution in [3.8, 4) is 11.8 Å². The highest BCUT2D eigenvalue weighted by Gasteiger charge is 2.51. The molecule has 0 amide bonds. The fourth-order valence-electron chi connectivity index (χ4n) is 6.59. The normalized spacial score (nSPS) is 36.9. The van der Waals surface area contributed by atoms with E-state index in [0.717, 1.165) is 43.3 Å². The van der Waals surface area contributed by atoms with E-state index in [1.54, 1.807) is 0 Å². The maximum absolute atomic E-state index is 10.9. The molecule has 4 heteroatoms. The summed E-state index contributed by atoms with van der Waals surface area (Å²) in [6.07, 6.45) is 9.97. The van der Waals surface area contributed by atoms with Gasteiger partial charge in [-0.15, -0.1) is 0 Å². The maximum atomic E-state index is 10.9. The summed E-state index contributed by atoms with van der Waals surface area (Å²) in [6.45, 7) is 12.4. The Bertz CT molecular complexity index is 839. The predicted molar refractivity (Wildman–Crippen MR) is 133 cm³/mol. The van der Waals surface area contributed by atoms with Crippen LogP contribution in [0.3, 0.4) is 0 Å². The Morgan fingerprint density at radius 3 is 2.58 bits per heavy atom. The molecule has 3 aliphatic rings. The standard InChI is InChI=1S/C29H44O4/c1-6-29(33,7-2)16-14-26(31)20(4)24-12-13-25-21(9-8-15-28(24,25)5)10-11-22-17-23(30)18-27(32)19(22)3/h10-11,20,23-27,30-33H,3,6-9,12-13,15,17-18H2,1-2,4-5H3/b21-10+,22-11+/t20-,23-,24-,25+,26+,27+,28-/m1/s1. The molecule has 3 aliphatic carbocycles. The van der Waals surface area contributed by atoms with Gasteiger partial charge in [0, 0.05) is 6.42 Å². The van der Waals surface area contributed by atoms with Gasteiger partial charge in [0.25, 0.3) is 0 Å². The molecule has 184 valence electrons. The van der Waals surface area contributed by atoms with Crippen molar-refractivity contribution in [1.82, 2.24) is 0 Å². The highest BCUT2D eigenvalue weighted by atomic mass is 16.3. The van der Waals surface area contributed by atoms with Crippen molar-refractivity contribution in [3.63, 3.8) is 0 Å². The average molecular weight is 457 g/mol. The zero-order valence-corrected chi connectivity index (χ0v) is 21.0. The Kier molecular flexibility index (Phi) is 8.33. The van der Waals surface area contributed by atoms with Crippen molar-refractivity contribution in [2.45, 2.75) is 109 Å². The molecular formula is C29H44O4. The van der Waals surface area contributed by atoms with Crippen molar-refractivity contribution in [2.75, 3.05) is 0 Å². The quantitative estimate of drug-likeness (QED) is 0.453. The van der Waals surface area contributed by atoms with Crippen LogP contribution >= 0.6 is 0 Å². The van der Waals surface area contributed by atoms with E-state index in [9.17, 15) is 20.4 Å². The lowest BCUT2D eigenvalue weighted by atomic mass is 9.60. The number of rotatable bonds is 5. The lowest BCUT2D eigenvalue weighted by molar-refractivity contribution is 0.0446. The molecule has 3 rings (SSSR count). The number of aliphatic hydroxyl groups is 4. The molecule has 0 saturated heterocycles. The van der Waals surface area contributed by atoms with Crippen molar-refractivity contribution in [3.05, 3.63) is 35.5 Å². The zero-order valence-electron chi connectivity index (χ0n) is 21.0. The maximum Gasteiger partial charge on any atom is 0.125 e. The third kappa shape index (κ3) is 5.49. The van der Waals surface area contributed by atoms with Crippen LogP contribution in [-0.2, 0) is 0 Å². The molecule has 0 bridgehead atoms. The minimum Gasteiger partial charge on any atom is -0.393 e. The van der Waals surface area contributed by atoms with Gasteiger partial charge in [-0.2, -0.15) is 0 Å². The number of aliphatic hydroxyl groups excluding tert-OH is 3. The average Bonchev–Trinajstić information content (AvgIpc) is 3.15. The summed E-state index contributed by atoms with van der Waals surface area (Å²) in [5.74, 6) is 6.84. The molecule has 0 heterocycles. The van der Waals surface area contributed by atoms with E-state index in [-0.39, 0.29) is 11.3 Å². The van der Waals surface area contributed by atoms with E-state index in [0.29, 0.717) is 37.5 Å². The van der Waals surface area contributed by atoms with E-state index in [1.807, 2.05) is 13.8 Å². The Morgan fingerprint density at radius 1 is 1.21 bits per heavy atom. The second kappa shape index (κ2) is 10.5. The van der Waals surface area contributed by atoms with Crippen LogP contribution in [0, 0.1) is 35.0 Å². The van der Waals surface area contributed by atoms with E-state index in [1.165, 1.54) is 5.57 Å². The largest absolute Gasteiger partial charge is 0.393 e. The van der Waals surface area contributed by atoms with Crippen molar-refractivity contribution in [1.29, 1.82) is 0 Å². The van der Waals surface area contributed by atoms with Crippen LogP contribution < -0.4 is 0 Å². The van der Waals surface area contributed by atoms with Gasteiger partial charge in [0.2, 0.25) is 0 Å². The van der Waals surface area contributed by atoms with E-state index in [4.69, 9.17) is 0 Å². The minimum atomic E-state index is -1.01. The predicted octanol–water partition coefficient (Wildman–Crippen LogP) is 4.68. The zero-order chi connectivity index (χ0) is 24.4. The van der Waals surface area contributed by atoms with E-state index < -0.39 is 23.9 Å². The van der Waals surface area contributed by atoms with Crippen LogP contribution in [0.2, 0.25) is 0 Å². The number of fused-ring (bicyclic) bond motifs is 1. The van der Waals surface area contributed by atoms with Crippen LogP contribution in [-0.4, -0.2) is 44.3 Å². The van der Waals surface area contributed by atoms with Crippen molar-refractivity contribution >= 4 is 0 Å². The Labute approximate surface area is 200 Å². The second-order valence-electron chi connectivity index (χ2n) is 11.0. The summed E-state index contributed by atoms with van der Waals surface area (Å²) >= 11 is 0. The second-order valence-corrected chi connectivity index (χ2v) is 11.0. The molecule has 4 N–H and O–H groups in total. The van der Waals surface area contributed by atoms with E-state index >= 15 is 0 Å². The summed E-state index contributed by atoms with van der Waals surface area (Å²) in [4.78, 5) is 0. The van der Waals surface area contributed by atoms with Gasteiger partial charge < -0.3 is 20.4 Å². The molecule has 0 spiro atoms. The summed E-state index contributed by atoms with van der Waals surface area (Å²) in [5.41, 5.74) is 2.24. The van der Waals surface area contributed by atoms with Crippen LogP contribution in [0.15, 0.2) is 35.5 Å². The van der Waals surface area contributed by atoms with Crippen LogP contribution in [0.4, 0.5) is 0 Å². The summed E-state index contributed by atoms with van der Waals surface area (Å²) in [5, 5.41) is 41.6. The molecule has 0 radical (unpaired) electrons. The van der Waals surface area contributed by atoms with Crippen LogP contribution in [0.5, 0.6) is 0 Å². The van der Waals surface area contributed by atoms with Gasteiger partial charge in [-0.25, -0.2) is 0 Å². The molecular weight excluding hydrogens is 412 g/mol. The lowest BCUT2D eigenvalue weighted by Crippen LogP contribution is -2.39. The van der Waals surface area contributed by atoms with Crippen molar-refractivity contribution < 1.29 is 20.4 Å². The van der Waals surface area contributed by atoms with Gasteiger partial charge in [-0.1, -0.05) is 63.8 Å². The molecule has 3 saturated carbocycles. The molecule has 7 atom stereocenters. The SMILES string of the molecule is C=C1/C(=C/C=C2\CCC[C@]3(C)[C@@H]([C@@H](C)[C@@H](O)C#CC(O)(CC)CC)CC[C@@H]23)C[C@@H](O)C[C@@H]1O. The molecule has 0 aromatic carbocycles. The van der Waals surface area contributed by atoms with Gasteiger partial charge >= 0.3 is 0 Å². The number of allylic oxidation sites excluding steroid dienone is 3. The monoisotopic (exact) mass is 456 g/mol. The van der Waals surface area contributed by atoms with Gasteiger partial charge in [-0.3, -0.25) is 0 Å². The van der Waals surface area contributed by atoms with Gasteiger partial charge in [-0.05, 0) is 85.7 Å². The fourth-order valence-corrected chi connectivity index (χ4v) is 6.59. The molecule has 4 nitrogen and oxygen atoms in total. The molecule has 0 aromatic rings. The first kappa shape index (κ1) is 26.2. The summed E-state index contributed by atoms with van der Waals surface area (Å²) in [7, 11) is 0. The molecule has 0 aliphatic heterocycles. The smallest absolute Gasteiger partial charge is 0.125 e. The van der Waals surface area contributed by atoms with Gasteiger partial charge in [0.15, 0.2) is 0 Å². The number of hydrogen-bond acceptors (Lipinski definition) is 4. The highest BCUT2D eigenvalue weighted by Crippen LogP contribution is 2.59. The number of hydrogen-bond donors (Lipinski definition) is 4. The van der Waals surface area contributed by atoms with Crippen molar-refractivity contribution in [2.24, 2.45) is 23.2 Å². The molecule has 0 aromatic heterocycles. The van der Waals surface area contributed by atoms with Gasteiger partial charge in [0.1, 0.15) is 11.7 Å². The first-order chi connectivity index (χ1) is 15.5. The summed E-state index contributed by atoms with van der Waals surface area (Å²) < 4.78 is 0. The van der Waals surface area contributed by atoms with E-state index in [2.05, 4.69) is 44.4 Å². The molecule has 33 heavy (non-hydrogen) atoms. The van der Waals surface area contributed by atoms with Crippen LogP contribution in [0.25, 0.3) is 0 Å². The minimum absolute atomic E-state index is 0.0478. The third-order valence-electron chi connectivity index (χ3n) is 9.06. The lowest BCUT2D eigenvalue weighted by Gasteiger charge is -2.44. The summed E-state index contributed by atoms with van der Waals surface area (Å²) in [6, 6.07) is 0. The third-order valence-corrected chi connectivity index (χ3v) is 9.06. The molecule has 3 fully saturated rings. The first-order valence-electron chi connectivity index (χ1n) is 12.9. The Balaban J connectivity index is 1.78. The highest BCUT2D eigenvalue weighted by molar-refractivity contribution is 5.38.